The second-order valence-corrected chi connectivity index (χ2v) is 4.03. The van der Waals surface area contributed by atoms with E-state index in [0.29, 0.717) is 22.3 Å². The predicted molar refractivity (Wildman–Crippen MR) is 63.9 cm³/mol. The number of rotatable bonds is 3. The molecule has 0 saturated heterocycles. The highest BCUT2D eigenvalue weighted by Gasteiger charge is 2.24. The molecule has 0 heterocycles. The van der Waals surface area contributed by atoms with Crippen LogP contribution >= 0.6 is 0 Å². The number of aliphatic hydroxyl groups is 1. The number of phenols is 1. The van der Waals surface area contributed by atoms with Gasteiger partial charge in [-0.1, -0.05) is 0 Å². The first-order valence-electron chi connectivity index (χ1n) is 5.54. The van der Waals surface area contributed by atoms with E-state index in [2.05, 4.69) is 0 Å². The van der Waals surface area contributed by atoms with Gasteiger partial charge in [-0.2, -0.15) is 0 Å². The number of ether oxygens (including phenoxy) is 1. The average molecular weight is 238 g/mol. The molecule has 0 aliphatic rings. The standard InChI is InChI=1S/C13H18O4/c1-5-17-13(16)12(15)11-7(2)6-10(14)8(3)9(11)4/h6,12,14-15H,5H2,1-4H3. The van der Waals surface area contributed by atoms with Crippen molar-refractivity contribution in [1.82, 2.24) is 0 Å². The fourth-order valence-corrected chi connectivity index (χ4v) is 1.84. The molecule has 17 heavy (non-hydrogen) atoms. The van der Waals surface area contributed by atoms with Gasteiger partial charge in [0.1, 0.15) is 5.75 Å². The number of carbonyl (C=O) groups is 1. The van der Waals surface area contributed by atoms with Crippen LogP contribution < -0.4 is 0 Å². The smallest absolute Gasteiger partial charge is 0.339 e. The van der Waals surface area contributed by atoms with Crippen molar-refractivity contribution in [2.24, 2.45) is 0 Å². The first-order chi connectivity index (χ1) is 7.90. The lowest BCUT2D eigenvalue weighted by molar-refractivity contribution is -0.153. The molecule has 4 heteroatoms. The zero-order valence-electron chi connectivity index (χ0n) is 10.6. The molecule has 4 nitrogen and oxygen atoms in total. The van der Waals surface area contributed by atoms with Gasteiger partial charge in [0.2, 0.25) is 0 Å². The molecule has 94 valence electrons. The monoisotopic (exact) mass is 238 g/mol. The Morgan fingerprint density at radius 3 is 2.47 bits per heavy atom. The lowest BCUT2D eigenvalue weighted by atomic mass is 9.93. The van der Waals surface area contributed by atoms with Gasteiger partial charge in [0.15, 0.2) is 6.10 Å². The summed E-state index contributed by atoms with van der Waals surface area (Å²) >= 11 is 0. The number of hydrogen-bond acceptors (Lipinski definition) is 4. The molecule has 2 N–H and O–H groups in total. The highest BCUT2D eigenvalue weighted by Crippen LogP contribution is 2.31. The maximum atomic E-state index is 11.5. The van der Waals surface area contributed by atoms with Crippen molar-refractivity contribution in [3.63, 3.8) is 0 Å². The minimum Gasteiger partial charge on any atom is -0.508 e. The average Bonchev–Trinajstić information content (AvgIpc) is 2.26. The van der Waals surface area contributed by atoms with Crippen LogP contribution in [0.5, 0.6) is 5.75 Å². The fourth-order valence-electron chi connectivity index (χ4n) is 1.84. The van der Waals surface area contributed by atoms with Crippen LogP contribution in [0.1, 0.15) is 35.3 Å². The van der Waals surface area contributed by atoms with Gasteiger partial charge in [0, 0.05) is 0 Å². The van der Waals surface area contributed by atoms with Crippen LogP contribution in [0, 0.1) is 20.8 Å². The molecule has 1 aromatic rings. The van der Waals surface area contributed by atoms with Crippen LogP contribution in [0.15, 0.2) is 6.07 Å². The molecule has 0 amide bonds. The van der Waals surface area contributed by atoms with Gasteiger partial charge in [0.05, 0.1) is 6.61 Å². The number of phenolic OH excluding ortho intramolecular Hbond substituents is 1. The molecule has 1 unspecified atom stereocenters. The summed E-state index contributed by atoms with van der Waals surface area (Å²) in [7, 11) is 0. The summed E-state index contributed by atoms with van der Waals surface area (Å²) < 4.78 is 4.79. The minimum atomic E-state index is -1.30. The number of benzene rings is 1. The van der Waals surface area contributed by atoms with Crippen molar-refractivity contribution in [3.8, 4) is 5.75 Å². The highest BCUT2D eigenvalue weighted by atomic mass is 16.5. The van der Waals surface area contributed by atoms with Gasteiger partial charge in [-0.15, -0.1) is 0 Å². The molecule has 1 atom stereocenters. The highest BCUT2D eigenvalue weighted by molar-refractivity contribution is 5.77. The van der Waals surface area contributed by atoms with Crippen LogP contribution in [0.2, 0.25) is 0 Å². The molecule has 1 rings (SSSR count). The lowest BCUT2D eigenvalue weighted by Crippen LogP contribution is -2.18. The van der Waals surface area contributed by atoms with E-state index in [1.807, 2.05) is 0 Å². The van der Waals surface area contributed by atoms with Crippen molar-refractivity contribution >= 4 is 5.97 Å². The van der Waals surface area contributed by atoms with E-state index in [-0.39, 0.29) is 12.4 Å². The Morgan fingerprint density at radius 1 is 1.35 bits per heavy atom. The Morgan fingerprint density at radius 2 is 1.94 bits per heavy atom. The van der Waals surface area contributed by atoms with Crippen molar-refractivity contribution in [3.05, 3.63) is 28.3 Å². The van der Waals surface area contributed by atoms with Gasteiger partial charge < -0.3 is 14.9 Å². The maximum Gasteiger partial charge on any atom is 0.339 e. The number of esters is 1. The third-order valence-electron chi connectivity index (χ3n) is 2.91. The summed E-state index contributed by atoms with van der Waals surface area (Å²) in [5.41, 5.74) is 2.56. The number of carbonyl (C=O) groups excluding carboxylic acids is 1. The first kappa shape index (κ1) is 13.5. The second-order valence-electron chi connectivity index (χ2n) is 4.03. The van der Waals surface area contributed by atoms with E-state index in [4.69, 9.17) is 4.74 Å². The molecule has 1 aromatic carbocycles. The van der Waals surface area contributed by atoms with Crippen LogP contribution in [0.25, 0.3) is 0 Å². The predicted octanol–water partition coefficient (Wildman–Crippen LogP) is 1.91. The van der Waals surface area contributed by atoms with E-state index in [0.717, 1.165) is 0 Å². The van der Waals surface area contributed by atoms with E-state index in [1.165, 1.54) is 0 Å². The quantitative estimate of drug-likeness (QED) is 0.789. The largest absolute Gasteiger partial charge is 0.508 e. The minimum absolute atomic E-state index is 0.166. The Bertz CT molecular complexity index is 438. The fraction of sp³-hybridized carbons (Fsp3) is 0.462. The zero-order chi connectivity index (χ0) is 13.2. The normalized spacial score (nSPS) is 12.3. The van der Waals surface area contributed by atoms with E-state index in [1.54, 1.807) is 33.8 Å². The number of aliphatic hydroxyl groups excluding tert-OH is 1. The van der Waals surface area contributed by atoms with Gasteiger partial charge in [0.25, 0.3) is 0 Å². The summed E-state index contributed by atoms with van der Waals surface area (Å²) in [6.07, 6.45) is -1.30. The van der Waals surface area contributed by atoms with Crippen LogP contribution in [-0.2, 0) is 9.53 Å². The first-order valence-corrected chi connectivity index (χ1v) is 5.54. The van der Waals surface area contributed by atoms with E-state index < -0.39 is 12.1 Å². The number of aryl methyl sites for hydroxylation is 1. The third kappa shape index (κ3) is 2.58. The SMILES string of the molecule is CCOC(=O)C(O)c1c(C)cc(O)c(C)c1C. The van der Waals surface area contributed by atoms with Crippen molar-refractivity contribution in [2.45, 2.75) is 33.8 Å². The molecular formula is C13H18O4. The van der Waals surface area contributed by atoms with Crippen LogP contribution in [0.3, 0.4) is 0 Å². The second kappa shape index (κ2) is 5.19. The molecule has 0 radical (unpaired) electrons. The topological polar surface area (TPSA) is 66.8 Å². The maximum absolute atomic E-state index is 11.5. The molecule has 0 aliphatic heterocycles. The summed E-state index contributed by atoms with van der Waals surface area (Å²) in [5.74, 6) is -0.497. The van der Waals surface area contributed by atoms with Crippen LogP contribution in [-0.4, -0.2) is 22.8 Å². The molecule has 0 saturated carbocycles. The Labute approximate surface area is 101 Å². The molecule has 0 aliphatic carbocycles. The molecule has 0 fully saturated rings. The molecule has 0 bridgehead atoms. The van der Waals surface area contributed by atoms with Gasteiger partial charge in [-0.05, 0) is 56.0 Å². The van der Waals surface area contributed by atoms with E-state index >= 15 is 0 Å². The third-order valence-corrected chi connectivity index (χ3v) is 2.91. The van der Waals surface area contributed by atoms with Gasteiger partial charge >= 0.3 is 5.97 Å². The summed E-state index contributed by atoms with van der Waals surface area (Å²) in [5, 5.41) is 19.6. The summed E-state index contributed by atoms with van der Waals surface area (Å²) in [4.78, 5) is 11.5. The van der Waals surface area contributed by atoms with Gasteiger partial charge in [-0.3, -0.25) is 0 Å². The molecule has 0 spiro atoms. The molecular weight excluding hydrogens is 220 g/mol. The van der Waals surface area contributed by atoms with Crippen LogP contribution in [0.4, 0.5) is 0 Å². The van der Waals surface area contributed by atoms with E-state index in [9.17, 15) is 15.0 Å². The van der Waals surface area contributed by atoms with Crippen molar-refractivity contribution in [2.75, 3.05) is 6.61 Å². The van der Waals surface area contributed by atoms with Gasteiger partial charge in [-0.25, -0.2) is 4.79 Å². The Balaban J connectivity index is 3.22. The molecule has 0 aromatic heterocycles. The number of hydrogen-bond donors (Lipinski definition) is 2. The van der Waals surface area contributed by atoms with Crippen molar-refractivity contribution < 1.29 is 19.7 Å². The summed E-state index contributed by atoms with van der Waals surface area (Å²) in [6.45, 7) is 7.16. The summed E-state index contributed by atoms with van der Waals surface area (Å²) in [6, 6.07) is 1.54. The number of aromatic hydroxyl groups is 1. The lowest BCUT2D eigenvalue weighted by Gasteiger charge is -2.17. The Hall–Kier alpha value is -1.55. The Kier molecular flexibility index (Phi) is 4.12. The van der Waals surface area contributed by atoms with Crippen molar-refractivity contribution in [1.29, 1.82) is 0 Å². The zero-order valence-corrected chi connectivity index (χ0v) is 10.6.